The Labute approximate surface area is 166 Å². The van der Waals surface area contributed by atoms with Crippen molar-refractivity contribution in [1.82, 2.24) is 4.98 Å². The molecule has 2 aromatic carbocycles. The third-order valence-corrected chi connectivity index (χ3v) is 5.96. The van der Waals surface area contributed by atoms with Gasteiger partial charge >= 0.3 is 0 Å². The van der Waals surface area contributed by atoms with Crippen molar-refractivity contribution < 1.29 is 8.42 Å². The van der Waals surface area contributed by atoms with Gasteiger partial charge in [0.05, 0.1) is 16.8 Å². The molecule has 3 aromatic rings. The van der Waals surface area contributed by atoms with Crippen LogP contribution in [0.3, 0.4) is 0 Å². The van der Waals surface area contributed by atoms with E-state index in [9.17, 15) is 8.42 Å². The van der Waals surface area contributed by atoms with E-state index in [1.54, 1.807) is 30.5 Å². The summed E-state index contributed by atoms with van der Waals surface area (Å²) in [6, 6.07) is 18.9. The number of benzene rings is 2. The van der Waals surface area contributed by atoms with Crippen molar-refractivity contribution in [3.63, 3.8) is 0 Å². The molecular weight excluding hydrogens is 370 g/mol. The van der Waals surface area contributed by atoms with Gasteiger partial charge in [-0.05, 0) is 67.6 Å². The van der Waals surface area contributed by atoms with Gasteiger partial charge in [-0.2, -0.15) is 0 Å². The number of aromatic nitrogens is 1. The summed E-state index contributed by atoms with van der Waals surface area (Å²) in [5.41, 5.74) is 4.17. The molecule has 2 N–H and O–H groups in total. The van der Waals surface area contributed by atoms with Gasteiger partial charge in [0.1, 0.15) is 5.82 Å². The Bertz CT molecular complexity index is 1020. The molecule has 0 bridgehead atoms. The second-order valence-corrected chi connectivity index (χ2v) is 8.48. The summed E-state index contributed by atoms with van der Waals surface area (Å²) in [6.07, 6.45) is 3.65. The standard InChI is InChI=1S/C22H25N3O2S/c1-17-10-12-21(15-18(17)2)28(26,27)25-22-13-11-20(16-24-22)23-14-6-9-19-7-4-3-5-8-19/h3-5,7-8,10-13,15-16,23H,6,9,14H2,1-2H3,(H,24,25). The molecule has 0 aliphatic heterocycles. The van der Waals surface area contributed by atoms with Gasteiger partial charge in [0.2, 0.25) is 0 Å². The number of rotatable bonds is 8. The summed E-state index contributed by atoms with van der Waals surface area (Å²) in [4.78, 5) is 4.45. The first-order valence-corrected chi connectivity index (χ1v) is 10.8. The number of nitrogens with one attached hydrogen (secondary N) is 2. The molecule has 0 fully saturated rings. The normalized spacial score (nSPS) is 11.2. The van der Waals surface area contributed by atoms with Crippen molar-refractivity contribution in [1.29, 1.82) is 0 Å². The maximum absolute atomic E-state index is 12.5. The van der Waals surface area contributed by atoms with Crippen LogP contribution >= 0.6 is 0 Å². The number of anilines is 2. The van der Waals surface area contributed by atoms with Gasteiger partial charge in [-0.15, -0.1) is 0 Å². The molecule has 6 heteroatoms. The molecule has 1 heterocycles. The lowest BCUT2D eigenvalue weighted by molar-refractivity contribution is 0.601. The Balaban J connectivity index is 1.54. The highest BCUT2D eigenvalue weighted by atomic mass is 32.2. The van der Waals surface area contributed by atoms with Crippen molar-refractivity contribution >= 4 is 21.5 Å². The highest BCUT2D eigenvalue weighted by Crippen LogP contribution is 2.18. The zero-order valence-corrected chi connectivity index (χ0v) is 17.0. The number of aryl methyl sites for hydroxylation is 3. The lowest BCUT2D eigenvalue weighted by Crippen LogP contribution is -2.14. The van der Waals surface area contributed by atoms with Crippen molar-refractivity contribution in [2.45, 2.75) is 31.6 Å². The van der Waals surface area contributed by atoms with Crippen LogP contribution in [0.5, 0.6) is 0 Å². The van der Waals surface area contributed by atoms with E-state index < -0.39 is 10.0 Å². The Hall–Kier alpha value is -2.86. The SMILES string of the molecule is Cc1ccc(S(=O)(=O)Nc2ccc(NCCCc3ccccc3)cn2)cc1C. The molecule has 0 radical (unpaired) electrons. The second kappa shape index (κ2) is 8.89. The molecule has 3 rings (SSSR count). The molecule has 0 atom stereocenters. The van der Waals surface area contributed by atoms with Gasteiger partial charge in [-0.25, -0.2) is 13.4 Å². The summed E-state index contributed by atoms with van der Waals surface area (Å²) in [5.74, 6) is 0.299. The summed E-state index contributed by atoms with van der Waals surface area (Å²) in [7, 11) is -3.65. The summed E-state index contributed by atoms with van der Waals surface area (Å²) in [6.45, 7) is 4.67. The van der Waals surface area contributed by atoms with Crippen LogP contribution in [0.25, 0.3) is 0 Å². The van der Waals surface area contributed by atoms with Gasteiger partial charge in [0.15, 0.2) is 0 Å². The Kier molecular flexibility index (Phi) is 6.31. The Morgan fingerprint density at radius 1 is 0.929 bits per heavy atom. The largest absolute Gasteiger partial charge is 0.384 e. The molecule has 0 spiro atoms. The number of hydrogen-bond acceptors (Lipinski definition) is 4. The second-order valence-electron chi connectivity index (χ2n) is 6.80. The molecule has 0 aliphatic rings. The van der Waals surface area contributed by atoms with E-state index in [1.165, 1.54) is 5.56 Å². The molecule has 0 unspecified atom stereocenters. The fourth-order valence-corrected chi connectivity index (χ4v) is 3.90. The smallest absolute Gasteiger partial charge is 0.263 e. The molecule has 0 aliphatic carbocycles. The lowest BCUT2D eigenvalue weighted by atomic mass is 10.1. The van der Waals surface area contributed by atoms with Crippen LogP contribution in [0.1, 0.15) is 23.1 Å². The minimum Gasteiger partial charge on any atom is -0.384 e. The van der Waals surface area contributed by atoms with Crippen molar-refractivity contribution in [3.8, 4) is 0 Å². The quantitative estimate of drug-likeness (QED) is 0.549. The minimum absolute atomic E-state index is 0.237. The van der Waals surface area contributed by atoms with E-state index in [0.29, 0.717) is 5.82 Å². The molecule has 0 saturated heterocycles. The van der Waals surface area contributed by atoms with E-state index in [4.69, 9.17) is 0 Å². The first-order valence-electron chi connectivity index (χ1n) is 9.28. The zero-order chi connectivity index (χ0) is 20.0. The van der Waals surface area contributed by atoms with E-state index in [0.717, 1.165) is 36.2 Å². The average Bonchev–Trinajstić information content (AvgIpc) is 2.69. The van der Waals surface area contributed by atoms with Crippen LogP contribution in [0, 0.1) is 13.8 Å². The monoisotopic (exact) mass is 395 g/mol. The molecule has 0 amide bonds. The molecule has 1 aromatic heterocycles. The lowest BCUT2D eigenvalue weighted by Gasteiger charge is -2.10. The van der Waals surface area contributed by atoms with Gasteiger partial charge in [0, 0.05) is 6.54 Å². The third kappa shape index (κ3) is 5.33. The van der Waals surface area contributed by atoms with Crippen LogP contribution in [-0.4, -0.2) is 19.9 Å². The Morgan fingerprint density at radius 2 is 1.71 bits per heavy atom. The number of sulfonamides is 1. The predicted molar refractivity (Wildman–Crippen MR) is 114 cm³/mol. The maximum atomic E-state index is 12.5. The van der Waals surface area contributed by atoms with E-state index in [1.807, 2.05) is 38.1 Å². The average molecular weight is 396 g/mol. The third-order valence-electron chi connectivity index (χ3n) is 4.61. The van der Waals surface area contributed by atoms with Crippen molar-refractivity contribution in [3.05, 3.63) is 83.6 Å². The number of nitrogens with zero attached hydrogens (tertiary/aromatic N) is 1. The first kappa shape index (κ1) is 19.9. The fourth-order valence-electron chi connectivity index (χ4n) is 2.81. The topological polar surface area (TPSA) is 71.1 Å². The number of pyridine rings is 1. The molecule has 5 nitrogen and oxygen atoms in total. The highest BCUT2D eigenvalue weighted by molar-refractivity contribution is 7.92. The summed E-state index contributed by atoms with van der Waals surface area (Å²) < 4.78 is 27.6. The van der Waals surface area contributed by atoms with Crippen LogP contribution in [0.2, 0.25) is 0 Å². The molecule has 146 valence electrons. The predicted octanol–water partition coefficient (Wildman–Crippen LogP) is 4.54. The van der Waals surface area contributed by atoms with E-state index in [2.05, 4.69) is 27.2 Å². The van der Waals surface area contributed by atoms with Gasteiger partial charge in [-0.3, -0.25) is 4.72 Å². The minimum atomic E-state index is -3.65. The highest BCUT2D eigenvalue weighted by Gasteiger charge is 2.15. The molecule has 28 heavy (non-hydrogen) atoms. The molecular formula is C22H25N3O2S. The van der Waals surface area contributed by atoms with Crippen molar-refractivity contribution in [2.75, 3.05) is 16.6 Å². The maximum Gasteiger partial charge on any atom is 0.263 e. The van der Waals surface area contributed by atoms with Crippen molar-refractivity contribution in [2.24, 2.45) is 0 Å². The zero-order valence-electron chi connectivity index (χ0n) is 16.1. The van der Waals surface area contributed by atoms with Gasteiger partial charge in [0.25, 0.3) is 10.0 Å². The van der Waals surface area contributed by atoms with E-state index in [-0.39, 0.29) is 4.90 Å². The van der Waals surface area contributed by atoms with Gasteiger partial charge < -0.3 is 5.32 Å². The first-order chi connectivity index (χ1) is 13.4. The number of hydrogen-bond donors (Lipinski definition) is 2. The van der Waals surface area contributed by atoms with Crippen LogP contribution in [-0.2, 0) is 16.4 Å². The summed E-state index contributed by atoms with van der Waals surface area (Å²) in [5, 5.41) is 3.31. The molecule has 0 saturated carbocycles. The summed E-state index contributed by atoms with van der Waals surface area (Å²) >= 11 is 0. The van der Waals surface area contributed by atoms with Crippen LogP contribution < -0.4 is 10.0 Å². The van der Waals surface area contributed by atoms with Crippen LogP contribution in [0.15, 0.2) is 71.8 Å². The Morgan fingerprint density at radius 3 is 2.39 bits per heavy atom. The van der Waals surface area contributed by atoms with Gasteiger partial charge in [-0.1, -0.05) is 36.4 Å². The van der Waals surface area contributed by atoms with Crippen LogP contribution in [0.4, 0.5) is 11.5 Å². The van der Waals surface area contributed by atoms with E-state index >= 15 is 0 Å². The fraction of sp³-hybridized carbons (Fsp3) is 0.227.